The zero-order valence-corrected chi connectivity index (χ0v) is 18.7. The molecule has 2 heterocycles. The molecule has 2 aromatic rings. The van der Waals surface area contributed by atoms with E-state index in [0.717, 1.165) is 24.8 Å². The summed E-state index contributed by atoms with van der Waals surface area (Å²) in [6, 6.07) is 11.9. The van der Waals surface area contributed by atoms with Crippen molar-refractivity contribution in [2.75, 3.05) is 19.5 Å². The number of unbranched alkanes of at least 4 members (excludes halogenated alkanes) is 1. The lowest BCUT2D eigenvalue weighted by Gasteiger charge is -2.29. The van der Waals surface area contributed by atoms with E-state index < -0.39 is 16.1 Å². The Balaban J connectivity index is 1.34. The van der Waals surface area contributed by atoms with E-state index in [-0.39, 0.29) is 17.8 Å². The lowest BCUT2D eigenvalue weighted by atomic mass is 10.0. The number of ether oxygens (including phenoxy) is 3. The van der Waals surface area contributed by atoms with Gasteiger partial charge in [-0.15, -0.1) is 0 Å². The quantitative estimate of drug-likeness (QED) is 0.175. The molecule has 0 N–H and O–H groups in total. The Morgan fingerprint density at radius 2 is 1.84 bits per heavy atom. The Labute approximate surface area is 188 Å². The van der Waals surface area contributed by atoms with Gasteiger partial charge < -0.3 is 18.4 Å². The summed E-state index contributed by atoms with van der Waals surface area (Å²) in [5, 5.41) is 0. The van der Waals surface area contributed by atoms with Gasteiger partial charge in [-0.2, -0.15) is 8.42 Å². The van der Waals surface area contributed by atoms with Crippen LogP contribution in [-0.2, 0) is 30.8 Å². The molecule has 0 unspecified atom stereocenters. The summed E-state index contributed by atoms with van der Waals surface area (Å²) in [5.74, 6) is -0.272. The molecule has 32 heavy (non-hydrogen) atoms. The molecule has 0 bridgehead atoms. The SMILES string of the molecule is CS(=O)(=O)Oc1ccccc1OC(=O)C=CCCCC1COC(Cc2ccccn2)OC1. The van der Waals surface area contributed by atoms with E-state index in [0.29, 0.717) is 32.0 Å². The van der Waals surface area contributed by atoms with Gasteiger partial charge >= 0.3 is 16.1 Å². The van der Waals surface area contributed by atoms with Crippen LogP contribution in [0.5, 0.6) is 11.5 Å². The average molecular weight is 462 g/mol. The largest absolute Gasteiger partial charge is 0.419 e. The second kappa shape index (κ2) is 11.8. The van der Waals surface area contributed by atoms with Crippen molar-refractivity contribution < 1.29 is 31.6 Å². The van der Waals surface area contributed by atoms with Gasteiger partial charge in [-0.25, -0.2) is 4.79 Å². The molecule has 0 amide bonds. The number of carbonyl (C=O) groups is 1. The molecule has 1 aromatic carbocycles. The number of para-hydroxylation sites is 2. The maximum Gasteiger partial charge on any atom is 0.335 e. The minimum absolute atomic E-state index is 0.0320. The fraction of sp³-hybridized carbons (Fsp3) is 0.391. The number of rotatable bonds is 10. The zero-order valence-electron chi connectivity index (χ0n) is 17.9. The van der Waals surface area contributed by atoms with Crippen LogP contribution in [0, 0.1) is 5.92 Å². The minimum Gasteiger partial charge on any atom is -0.419 e. The summed E-state index contributed by atoms with van der Waals surface area (Å²) in [6.45, 7) is 1.28. The van der Waals surface area contributed by atoms with Crippen LogP contribution in [0.2, 0.25) is 0 Å². The summed E-state index contributed by atoms with van der Waals surface area (Å²) in [6.07, 6.45) is 8.61. The smallest absolute Gasteiger partial charge is 0.335 e. The van der Waals surface area contributed by atoms with Gasteiger partial charge in [-0.1, -0.05) is 24.3 Å². The fourth-order valence-corrected chi connectivity index (χ4v) is 3.63. The summed E-state index contributed by atoms with van der Waals surface area (Å²) < 4.78 is 44.2. The van der Waals surface area contributed by atoms with E-state index in [2.05, 4.69) is 4.98 Å². The van der Waals surface area contributed by atoms with Crippen molar-refractivity contribution in [3.8, 4) is 11.5 Å². The molecule has 1 aromatic heterocycles. The van der Waals surface area contributed by atoms with Gasteiger partial charge in [0.15, 0.2) is 17.8 Å². The first kappa shape index (κ1) is 23.9. The number of hydrogen-bond donors (Lipinski definition) is 0. The summed E-state index contributed by atoms with van der Waals surface area (Å²) in [7, 11) is -3.72. The van der Waals surface area contributed by atoms with Crippen LogP contribution in [-0.4, -0.2) is 45.1 Å². The molecule has 0 saturated carbocycles. The van der Waals surface area contributed by atoms with Crippen molar-refractivity contribution in [2.45, 2.75) is 32.0 Å². The van der Waals surface area contributed by atoms with Crippen molar-refractivity contribution in [1.29, 1.82) is 0 Å². The van der Waals surface area contributed by atoms with Crippen LogP contribution in [0.4, 0.5) is 0 Å². The van der Waals surface area contributed by atoms with Gasteiger partial charge in [0.1, 0.15) is 0 Å². The molecule has 1 aliphatic heterocycles. The van der Waals surface area contributed by atoms with Gasteiger partial charge in [0.25, 0.3) is 0 Å². The number of allylic oxidation sites excluding steroid dienone is 1. The van der Waals surface area contributed by atoms with E-state index >= 15 is 0 Å². The molecule has 1 saturated heterocycles. The number of pyridine rings is 1. The first-order valence-electron chi connectivity index (χ1n) is 10.4. The second-order valence-corrected chi connectivity index (χ2v) is 9.05. The average Bonchev–Trinajstić information content (AvgIpc) is 2.76. The molecule has 1 aliphatic rings. The van der Waals surface area contributed by atoms with Crippen LogP contribution in [0.15, 0.2) is 60.8 Å². The van der Waals surface area contributed by atoms with Crippen LogP contribution in [0.3, 0.4) is 0 Å². The molecular weight excluding hydrogens is 434 g/mol. The molecule has 8 nitrogen and oxygen atoms in total. The van der Waals surface area contributed by atoms with E-state index in [4.69, 9.17) is 18.4 Å². The molecule has 1 fully saturated rings. The van der Waals surface area contributed by atoms with E-state index in [1.807, 2.05) is 18.2 Å². The van der Waals surface area contributed by atoms with Crippen LogP contribution < -0.4 is 8.92 Å². The Hall–Kier alpha value is -2.75. The monoisotopic (exact) mass is 461 g/mol. The molecule has 0 atom stereocenters. The van der Waals surface area contributed by atoms with Crippen molar-refractivity contribution in [3.63, 3.8) is 0 Å². The maximum absolute atomic E-state index is 12.0. The van der Waals surface area contributed by atoms with Crippen molar-refractivity contribution >= 4 is 16.1 Å². The number of esters is 1. The van der Waals surface area contributed by atoms with E-state index in [1.165, 1.54) is 18.2 Å². The van der Waals surface area contributed by atoms with Crippen molar-refractivity contribution in [3.05, 3.63) is 66.5 Å². The Bertz CT molecular complexity index is 1000. The molecule has 9 heteroatoms. The summed E-state index contributed by atoms with van der Waals surface area (Å²) in [4.78, 5) is 16.3. The van der Waals surface area contributed by atoms with E-state index in [1.54, 1.807) is 24.4 Å². The third-order valence-electron chi connectivity index (χ3n) is 4.68. The van der Waals surface area contributed by atoms with Gasteiger partial charge in [0.05, 0.1) is 19.5 Å². The highest BCUT2D eigenvalue weighted by molar-refractivity contribution is 7.86. The Morgan fingerprint density at radius 1 is 1.12 bits per heavy atom. The van der Waals surface area contributed by atoms with Crippen LogP contribution in [0.1, 0.15) is 25.0 Å². The molecule has 3 rings (SSSR count). The van der Waals surface area contributed by atoms with Crippen LogP contribution in [0.25, 0.3) is 0 Å². The Kier molecular flexibility index (Phi) is 8.78. The van der Waals surface area contributed by atoms with Gasteiger partial charge in [0.2, 0.25) is 0 Å². The number of aromatic nitrogens is 1. The molecule has 0 spiro atoms. The topological polar surface area (TPSA) is 101 Å². The van der Waals surface area contributed by atoms with E-state index in [9.17, 15) is 13.2 Å². The maximum atomic E-state index is 12.0. The predicted octanol–water partition coefficient (Wildman–Crippen LogP) is 3.28. The molecule has 0 radical (unpaired) electrons. The highest BCUT2D eigenvalue weighted by Crippen LogP contribution is 2.27. The summed E-state index contributed by atoms with van der Waals surface area (Å²) >= 11 is 0. The second-order valence-electron chi connectivity index (χ2n) is 7.48. The first-order chi connectivity index (χ1) is 15.4. The molecule has 0 aliphatic carbocycles. The Morgan fingerprint density at radius 3 is 2.53 bits per heavy atom. The highest BCUT2D eigenvalue weighted by Gasteiger charge is 2.22. The lowest BCUT2D eigenvalue weighted by molar-refractivity contribution is -0.200. The third kappa shape index (κ3) is 8.41. The van der Waals surface area contributed by atoms with Crippen molar-refractivity contribution in [1.82, 2.24) is 4.98 Å². The third-order valence-corrected chi connectivity index (χ3v) is 5.16. The number of benzene rings is 1. The van der Waals surface area contributed by atoms with Gasteiger partial charge in [0, 0.05) is 30.3 Å². The zero-order chi connectivity index (χ0) is 22.8. The number of carbonyl (C=O) groups excluding carboxylic acids is 1. The number of hydrogen-bond acceptors (Lipinski definition) is 8. The normalized spacial score (nSPS) is 19.0. The van der Waals surface area contributed by atoms with Gasteiger partial charge in [-0.05, 0) is 43.5 Å². The van der Waals surface area contributed by atoms with Crippen molar-refractivity contribution in [2.24, 2.45) is 5.92 Å². The predicted molar refractivity (Wildman–Crippen MR) is 118 cm³/mol. The lowest BCUT2D eigenvalue weighted by Crippen LogP contribution is -2.33. The standard InChI is InChI=1S/C23H27NO7S/c1-32(26,27)31-21-12-6-5-11-20(21)30-22(25)13-4-2-3-9-18-16-28-23(29-17-18)15-19-10-7-8-14-24-19/h4-8,10-14,18,23H,2-3,9,15-17H2,1H3. The minimum atomic E-state index is -3.72. The summed E-state index contributed by atoms with van der Waals surface area (Å²) in [5.41, 5.74) is 0.943. The molecular formula is C23H27NO7S. The highest BCUT2D eigenvalue weighted by atomic mass is 32.2. The fourth-order valence-electron chi connectivity index (χ4n) is 3.17. The molecule has 172 valence electrons. The van der Waals surface area contributed by atoms with Crippen LogP contribution >= 0.6 is 0 Å². The number of nitrogens with zero attached hydrogens (tertiary/aromatic N) is 1. The van der Waals surface area contributed by atoms with Gasteiger partial charge in [-0.3, -0.25) is 4.98 Å². The first-order valence-corrected chi connectivity index (χ1v) is 12.2.